The van der Waals surface area contributed by atoms with Crippen LogP contribution in [0.15, 0.2) is 12.4 Å². The van der Waals surface area contributed by atoms with Gasteiger partial charge in [-0.3, -0.25) is 9.69 Å². The molecule has 0 radical (unpaired) electrons. The van der Waals surface area contributed by atoms with Crippen molar-refractivity contribution in [2.75, 3.05) is 66.0 Å². The van der Waals surface area contributed by atoms with Gasteiger partial charge in [-0.2, -0.15) is 0 Å². The molecule has 25 heavy (non-hydrogen) atoms. The van der Waals surface area contributed by atoms with Crippen LogP contribution in [0.3, 0.4) is 0 Å². The Morgan fingerprint density at radius 3 is 2.84 bits per heavy atom. The van der Waals surface area contributed by atoms with Crippen molar-refractivity contribution >= 4 is 11.7 Å². The van der Waals surface area contributed by atoms with Gasteiger partial charge in [-0.1, -0.05) is 0 Å². The van der Waals surface area contributed by atoms with Crippen LogP contribution in [0.25, 0.3) is 0 Å². The van der Waals surface area contributed by atoms with Gasteiger partial charge in [0.2, 0.25) is 11.8 Å². The summed E-state index contributed by atoms with van der Waals surface area (Å²) in [4.78, 5) is 26.2. The molecule has 0 unspecified atom stereocenters. The van der Waals surface area contributed by atoms with E-state index in [1.807, 2.05) is 6.07 Å². The Morgan fingerprint density at radius 2 is 2.16 bits per heavy atom. The SMILES string of the molecule is COc1cc(N2CC3(C[C@@H](COCC(=O)N(C)C)CN3C)C2)ncn1. The summed E-state index contributed by atoms with van der Waals surface area (Å²) in [5.74, 6) is 1.96. The number of methoxy groups -OCH3 is 1. The predicted molar refractivity (Wildman–Crippen MR) is 93.8 cm³/mol. The Hall–Kier alpha value is -1.93. The van der Waals surface area contributed by atoms with Crippen LogP contribution < -0.4 is 9.64 Å². The van der Waals surface area contributed by atoms with E-state index in [0.717, 1.165) is 31.9 Å². The molecule has 0 N–H and O–H groups in total. The summed E-state index contributed by atoms with van der Waals surface area (Å²) in [6.45, 7) is 3.67. The minimum Gasteiger partial charge on any atom is -0.481 e. The Kier molecular flexibility index (Phi) is 5.10. The first-order chi connectivity index (χ1) is 11.9. The van der Waals surface area contributed by atoms with Crippen LogP contribution in [-0.4, -0.2) is 92.3 Å². The summed E-state index contributed by atoms with van der Waals surface area (Å²) < 4.78 is 10.8. The third kappa shape index (κ3) is 3.69. The number of amides is 1. The lowest BCUT2D eigenvalue weighted by Crippen LogP contribution is -2.67. The van der Waals surface area contributed by atoms with Crippen LogP contribution in [0.1, 0.15) is 6.42 Å². The molecule has 0 saturated carbocycles. The molecule has 1 spiro atoms. The zero-order valence-electron chi connectivity index (χ0n) is 15.4. The Bertz CT molecular complexity index is 618. The molecule has 2 fully saturated rings. The number of anilines is 1. The maximum absolute atomic E-state index is 11.6. The van der Waals surface area contributed by atoms with Crippen LogP contribution in [0.5, 0.6) is 5.88 Å². The maximum Gasteiger partial charge on any atom is 0.248 e. The van der Waals surface area contributed by atoms with Crippen LogP contribution in [0.4, 0.5) is 5.82 Å². The van der Waals surface area contributed by atoms with E-state index in [2.05, 4.69) is 26.8 Å². The summed E-state index contributed by atoms with van der Waals surface area (Å²) >= 11 is 0. The van der Waals surface area contributed by atoms with E-state index < -0.39 is 0 Å². The molecular formula is C17H27N5O3. The Morgan fingerprint density at radius 1 is 1.40 bits per heavy atom. The first-order valence-electron chi connectivity index (χ1n) is 8.53. The molecule has 0 bridgehead atoms. The zero-order valence-corrected chi connectivity index (χ0v) is 15.4. The topological polar surface area (TPSA) is 71.0 Å². The Labute approximate surface area is 148 Å². The van der Waals surface area contributed by atoms with Gasteiger partial charge in [0.15, 0.2) is 0 Å². The molecular weight excluding hydrogens is 322 g/mol. The normalized spacial score (nSPS) is 22.1. The molecule has 3 heterocycles. The standard InChI is InChI=1S/C17H27N5O3/c1-20(2)16(23)9-25-8-13-6-17(21(3)7-13)10-22(11-17)14-5-15(24-4)19-12-18-14/h5,12-13H,6-11H2,1-4H3/t13-/m1/s1. The third-order valence-corrected chi connectivity index (χ3v) is 5.22. The molecule has 2 aliphatic rings. The second-order valence-electron chi connectivity index (χ2n) is 7.25. The minimum atomic E-state index is 0.00796. The van der Waals surface area contributed by atoms with Gasteiger partial charge in [-0.15, -0.1) is 0 Å². The summed E-state index contributed by atoms with van der Waals surface area (Å²) in [6, 6.07) is 1.87. The summed E-state index contributed by atoms with van der Waals surface area (Å²) in [5.41, 5.74) is 0.178. The second-order valence-corrected chi connectivity index (χ2v) is 7.25. The van der Waals surface area contributed by atoms with Crippen LogP contribution in [-0.2, 0) is 9.53 Å². The van der Waals surface area contributed by atoms with Gasteiger partial charge in [0.05, 0.1) is 19.3 Å². The van der Waals surface area contributed by atoms with E-state index in [9.17, 15) is 4.79 Å². The minimum absolute atomic E-state index is 0.00796. The zero-order chi connectivity index (χ0) is 18.0. The van der Waals surface area contributed by atoms with Gasteiger partial charge < -0.3 is 19.3 Å². The fraction of sp³-hybridized carbons (Fsp3) is 0.706. The van der Waals surface area contributed by atoms with Crippen LogP contribution in [0, 0.1) is 5.92 Å². The largest absolute Gasteiger partial charge is 0.481 e. The lowest BCUT2D eigenvalue weighted by Gasteiger charge is -2.52. The molecule has 8 nitrogen and oxygen atoms in total. The van der Waals surface area contributed by atoms with Crippen LogP contribution in [0.2, 0.25) is 0 Å². The number of ether oxygens (including phenoxy) is 2. The van der Waals surface area contributed by atoms with Crippen molar-refractivity contribution in [3.63, 3.8) is 0 Å². The van der Waals surface area contributed by atoms with Crippen molar-refractivity contribution in [3.05, 3.63) is 12.4 Å². The van der Waals surface area contributed by atoms with E-state index in [4.69, 9.17) is 9.47 Å². The van der Waals surface area contributed by atoms with E-state index in [1.54, 1.807) is 26.1 Å². The molecule has 0 aliphatic carbocycles. The van der Waals surface area contributed by atoms with E-state index >= 15 is 0 Å². The smallest absolute Gasteiger partial charge is 0.248 e. The van der Waals surface area contributed by atoms with E-state index in [1.165, 1.54) is 6.33 Å². The quantitative estimate of drug-likeness (QED) is 0.721. The van der Waals surface area contributed by atoms with Crippen molar-refractivity contribution in [2.24, 2.45) is 5.92 Å². The molecule has 1 amide bonds. The fourth-order valence-corrected chi connectivity index (χ4v) is 3.70. The highest BCUT2D eigenvalue weighted by Gasteiger charge is 2.52. The van der Waals surface area contributed by atoms with Crippen molar-refractivity contribution in [2.45, 2.75) is 12.0 Å². The summed E-state index contributed by atoms with van der Waals surface area (Å²) in [7, 11) is 7.27. The molecule has 3 rings (SSSR count). The highest BCUT2D eigenvalue weighted by molar-refractivity contribution is 5.76. The number of likely N-dealkylation sites (tertiary alicyclic amines) is 1. The van der Waals surface area contributed by atoms with Gasteiger partial charge in [0.1, 0.15) is 18.8 Å². The van der Waals surface area contributed by atoms with Gasteiger partial charge in [-0.05, 0) is 19.4 Å². The van der Waals surface area contributed by atoms with Gasteiger partial charge >= 0.3 is 0 Å². The lowest BCUT2D eigenvalue weighted by molar-refractivity contribution is -0.133. The molecule has 0 aromatic carbocycles. The number of rotatable bonds is 6. The lowest BCUT2D eigenvalue weighted by atomic mass is 9.84. The predicted octanol–water partition coefficient (Wildman–Crippen LogP) is 0.101. The van der Waals surface area contributed by atoms with Crippen molar-refractivity contribution in [1.82, 2.24) is 19.8 Å². The molecule has 2 aliphatic heterocycles. The summed E-state index contributed by atoms with van der Waals surface area (Å²) in [5, 5.41) is 0. The first-order valence-corrected chi connectivity index (χ1v) is 8.53. The van der Waals surface area contributed by atoms with Crippen molar-refractivity contribution in [1.29, 1.82) is 0 Å². The van der Waals surface area contributed by atoms with Gasteiger partial charge in [-0.25, -0.2) is 9.97 Å². The number of hydrogen-bond acceptors (Lipinski definition) is 7. The van der Waals surface area contributed by atoms with E-state index in [0.29, 0.717) is 18.4 Å². The van der Waals surface area contributed by atoms with Gasteiger partial charge in [0.25, 0.3) is 0 Å². The second kappa shape index (κ2) is 7.13. The molecule has 138 valence electrons. The molecule has 1 atom stereocenters. The monoisotopic (exact) mass is 349 g/mol. The molecule has 1 aromatic heterocycles. The average Bonchev–Trinajstić information content (AvgIpc) is 2.90. The van der Waals surface area contributed by atoms with Crippen LogP contribution >= 0.6 is 0 Å². The highest BCUT2D eigenvalue weighted by Crippen LogP contribution is 2.41. The average molecular weight is 349 g/mol. The fourth-order valence-electron chi connectivity index (χ4n) is 3.70. The highest BCUT2D eigenvalue weighted by atomic mass is 16.5. The van der Waals surface area contributed by atoms with Gasteiger partial charge in [0, 0.05) is 39.8 Å². The van der Waals surface area contributed by atoms with Crippen molar-refractivity contribution < 1.29 is 14.3 Å². The number of hydrogen-bond donors (Lipinski definition) is 0. The van der Waals surface area contributed by atoms with Crippen molar-refractivity contribution in [3.8, 4) is 5.88 Å². The maximum atomic E-state index is 11.6. The third-order valence-electron chi connectivity index (χ3n) is 5.22. The number of carbonyl (C=O) groups excluding carboxylic acids is 1. The number of aromatic nitrogens is 2. The van der Waals surface area contributed by atoms with E-state index in [-0.39, 0.29) is 18.1 Å². The molecule has 1 aromatic rings. The molecule has 8 heteroatoms. The first kappa shape index (κ1) is 17.9. The summed E-state index contributed by atoms with van der Waals surface area (Å²) in [6.07, 6.45) is 2.62. The Balaban J connectivity index is 1.50. The number of nitrogens with zero attached hydrogens (tertiary/aromatic N) is 5. The molecule has 2 saturated heterocycles. The number of likely N-dealkylation sites (N-methyl/N-ethyl adjacent to an activating group) is 2. The number of carbonyl (C=O) groups is 1.